The lowest BCUT2D eigenvalue weighted by Crippen LogP contribution is -2.02. The molecule has 0 unspecified atom stereocenters. The van der Waals surface area contributed by atoms with E-state index in [1.807, 2.05) is 36.4 Å². The van der Waals surface area contributed by atoms with Gasteiger partial charge in [-0.15, -0.1) is 0 Å². The van der Waals surface area contributed by atoms with Crippen LogP contribution in [0, 0.1) is 6.92 Å². The largest absolute Gasteiger partial charge is 0.399 e. The predicted molar refractivity (Wildman–Crippen MR) is 122 cm³/mol. The molecule has 4 heteroatoms. The maximum Gasteiger partial charge on any atom is 0.0631 e. The summed E-state index contributed by atoms with van der Waals surface area (Å²) in [5.74, 6) is 0. The van der Waals surface area contributed by atoms with Gasteiger partial charge in [-0.3, -0.25) is 9.98 Å². The normalized spacial score (nSPS) is 11.3. The van der Waals surface area contributed by atoms with Gasteiger partial charge in [0.15, 0.2) is 0 Å². The molecule has 0 spiro atoms. The summed E-state index contributed by atoms with van der Waals surface area (Å²) >= 11 is 0. The molecule has 142 valence electrons. The minimum Gasteiger partial charge on any atom is -0.399 e. The number of nitrogens with zero attached hydrogens (tertiary/aromatic N) is 2. The van der Waals surface area contributed by atoms with Gasteiger partial charge in [0.05, 0.1) is 11.4 Å². The number of hydrogen-bond donors (Lipinski definition) is 2. The first-order chi connectivity index (χ1) is 13.7. The van der Waals surface area contributed by atoms with Gasteiger partial charge in [-0.1, -0.05) is 29.8 Å². The molecule has 0 atom stereocenters. The fourth-order valence-electron chi connectivity index (χ4n) is 2.74. The highest BCUT2D eigenvalue weighted by molar-refractivity contribution is 6.17. The van der Waals surface area contributed by atoms with Crippen molar-refractivity contribution >= 4 is 35.2 Å². The second-order valence-corrected chi connectivity index (χ2v) is 6.71. The molecular formula is C24H26N4. The standard InChI is InChI=1S/C24H26N4/c1-19-4-6-20(7-5-19)3-2-16-26-23-12-14-24(15-13-23)28-18-17-27-22-10-8-21(25)9-11-22/h4-15,17-18,26H,2-3,16,25H2,1H3. The average molecular weight is 371 g/mol. The van der Waals surface area contributed by atoms with Gasteiger partial charge in [0.2, 0.25) is 0 Å². The van der Waals surface area contributed by atoms with Crippen LogP contribution in [0.1, 0.15) is 17.5 Å². The van der Waals surface area contributed by atoms with E-state index < -0.39 is 0 Å². The molecule has 0 heterocycles. The number of nitrogens with two attached hydrogens (primary N) is 1. The number of nitrogen functional groups attached to an aromatic ring is 1. The Morgan fingerprint density at radius 3 is 1.96 bits per heavy atom. The number of rotatable bonds is 8. The van der Waals surface area contributed by atoms with Crippen LogP contribution in [0.5, 0.6) is 0 Å². The monoisotopic (exact) mass is 370 g/mol. The van der Waals surface area contributed by atoms with Crippen molar-refractivity contribution in [1.82, 2.24) is 0 Å². The number of anilines is 2. The third kappa shape index (κ3) is 6.40. The highest BCUT2D eigenvalue weighted by Crippen LogP contribution is 2.16. The number of aliphatic imine (C=N–C) groups is 2. The first-order valence-corrected chi connectivity index (χ1v) is 9.51. The minimum absolute atomic E-state index is 0.733. The van der Waals surface area contributed by atoms with Gasteiger partial charge in [-0.05, 0) is 73.9 Å². The molecule has 0 amide bonds. The Balaban J connectivity index is 1.41. The summed E-state index contributed by atoms with van der Waals surface area (Å²) in [6, 6.07) is 24.3. The van der Waals surface area contributed by atoms with Crippen LogP contribution >= 0.6 is 0 Å². The maximum absolute atomic E-state index is 5.66. The van der Waals surface area contributed by atoms with Crippen LogP contribution in [-0.2, 0) is 6.42 Å². The summed E-state index contributed by atoms with van der Waals surface area (Å²) in [5.41, 5.74) is 11.9. The second-order valence-electron chi connectivity index (χ2n) is 6.71. The molecule has 0 fully saturated rings. The topological polar surface area (TPSA) is 62.8 Å². The molecule has 4 nitrogen and oxygen atoms in total. The van der Waals surface area contributed by atoms with E-state index in [0.717, 1.165) is 42.1 Å². The van der Waals surface area contributed by atoms with Gasteiger partial charge in [0, 0.05) is 30.3 Å². The van der Waals surface area contributed by atoms with Crippen LogP contribution in [0.4, 0.5) is 22.7 Å². The molecule has 3 aromatic rings. The summed E-state index contributed by atoms with van der Waals surface area (Å²) < 4.78 is 0. The Bertz CT molecular complexity index is 908. The highest BCUT2D eigenvalue weighted by atomic mass is 14.9. The van der Waals surface area contributed by atoms with Crippen molar-refractivity contribution < 1.29 is 0 Å². The van der Waals surface area contributed by atoms with E-state index >= 15 is 0 Å². The lowest BCUT2D eigenvalue weighted by atomic mass is 10.1. The van der Waals surface area contributed by atoms with E-state index in [2.05, 4.69) is 58.6 Å². The Kier molecular flexibility index (Phi) is 6.96. The Labute approximate surface area is 166 Å². The van der Waals surface area contributed by atoms with E-state index in [9.17, 15) is 0 Å². The first kappa shape index (κ1) is 19.4. The van der Waals surface area contributed by atoms with Crippen molar-refractivity contribution in [2.45, 2.75) is 19.8 Å². The second kappa shape index (κ2) is 10.1. The Hall–Kier alpha value is -3.40. The lowest BCUT2D eigenvalue weighted by Gasteiger charge is -2.07. The Morgan fingerprint density at radius 2 is 1.36 bits per heavy atom. The zero-order valence-electron chi connectivity index (χ0n) is 16.2. The zero-order chi connectivity index (χ0) is 19.6. The lowest BCUT2D eigenvalue weighted by molar-refractivity contribution is 0.862. The van der Waals surface area contributed by atoms with E-state index in [4.69, 9.17) is 5.73 Å². The van der Waals surface area contributed by atoms with Crippen molar-refractivity contribution in [3.05, 3.63) is 83.9 Å². The number of aryl methyl sites for hydroxylation is 2. The first-order valence-electron chi connectivity index (χ1n) is 9.51. The number of benzene rings is 3. The summed E-state index contributed by atoms with van der Waals surface area (Å²) in [5, 5.41) is 3.46. The van der Waals surface area contributed by atoms with E-state index in [0.29, 0.717) is 0 Å². The molecule has 0 aromatic heterocycles. The molecule has 0 bridgehead atoms. The molecule has 3 aromatic carbocycles. The summed E-state index contributed by atoms with van der Waals surface area (Å²) in [6.07, 6.45) is 5.57. The molecule has 3 N–H and O–H groups in total. The van der Waals surface area contributed by atoms with Crippen molar-refractivity contribution in [2.24, 2.45) is 9.98 Å². The van der Waals surface area contributed by atoms with Gasteiger partial charge in [-0.25, -0.2) is 0 Å². The smallest absolute Gasteiger partial charge is 0.0631 e. The third-order valence-electron chi connectivity index (χ3n) is 4.37. The van der Waals surface area contributed by atoms with E-state index in [-0.39, 0.29) is 0 Å². The molecule has 28 heavy (non-hydrogen) atoms. The third-order valence-corrected chi connectivity index (χ3v) is 4.37. The predicted octanol–water partition coefficient (Wildman–Crippen LogP) is 5.73. The minimum atomic E-state index is 0.733. The molecule has 0 saturated carbocycles. The van der Waals surface area contributed by atoms with Gasteiger partial charge < -0.3 is 11.1 Å². The zero-order valence-corrected chi connectivity index (χ0v) is 16.2. The molecule has 0 aliphatic carbocycles. The molecule has 0 radical (unpaired) electrons. The number of nitrogens with one attached hydrogen (secondary N) is 1. The van der Waals surface area contributed by atoms with Crippen LogP contribution in [0.2, 0.25) is 0 Å². The molecular weight excluding hydrogens is 344 g/mol. The maximum atomic E-state index is 5.66. The van der Waals surface area contributed by atoms with E-state index in [1.54, 1.807) is 12.4 Å². The number of hydrogen-bond acceptors (Lipinski definition) is 4. The van der Waals surface area contributed by atoms with E-state index in [1.165, 1.54) is 11.1 Å². The van der Waals surface area contributed by atoms with Crippen LogP contribution in [0.15, 0.2) is 82.8 Å². The summed E-state index contributed by atoms with van der Waals surface area (Å²) in [7, 11) is 0. The average Bonchev–Trinajstić information content (AvgIpc) is 2.72. The summed E-state index contributed by atoms with van der Waals surface area (Å²) in [6.45, 7) is 3.07. The summed E-state index contributed by atoms with van der Waals surface area (Å²) in [4.78, 5) is 8.71. The van der Waals surface area contributed by atoms with Gasteiger partial charge in [-0.2, -0.15) is 0 Å². The van der Waals surface area contributed by atoms with Crippen molar-refractivity contribution in [2.75, 3.05) is 17.6 Å². The van der Waals surface area contributed by atoms with Crippen molar-refractivity contribution in [3.63, 3.8) is 0 Å². The van der Waals surface area contributed by atoms with Crippen LogP contribution in [0.3, 0.4) is 0 Å². The SMILES string of the molecule is Cc1ccc(CCCNc2ccc(N=CC=Nc3ccc(N)cc3)cc2)cc1. The van der Waals surface area contributed by atoms with Gasteiger partial charge >= 0.3 is 0 Å². The quantitative estimate of drug-likeness (QED) is 0.302. The fourth-order valence-corrected chi connectivity index (χ4v) is 2.74. The molecule has 3 rings (SSSR count). The molecule has 0 aliphatic rings. The highest BCUT2D eigenvalue weighted by Gasteiger charge is 1.95. The Morgan fingerprint density at radius 1 is 0.786 bits per heavy atom. The fraction of sp³-hybridized carbons (Fsp3) is 0.167. The molecule has 0 aliphatic heterocycles. The van der Waals surface area contributed by atoms with Crippen molar-refractivity contribution in [1.29, 1.82) is 0 Å². The van der Waals surface area contributed by atoms with Crippen molar-refractivity contribution in [3.8, 4) is 0 Å². The van der Waals surface area contributed by atoms with Crippen LogP contribution in [-0.4, -0.2) is 19.0 Å². The van der Waals surface area contributed by atoms with Gasteiger partial charge in [0.1, 0.15) is 0 Å². The molecule has 0 saturated heterocycles. The van der Waals surface area contributed by atoms with Crippen LogP contribution in [0.25, 0.3) is 0 Å². The van der Waals surface area contributed by atoms with Gasteiger partial charge in [0.25, 0.3) is 0 Å². The van der Waals surface area contributed by atoms with Crippen LogP contribution < -0.4 is 11.1 Å².